The van der Waals surface area contributed by atoms with Gasteiger partial charge in [0, 0.05) is 31.9 Å². The van der Waals surface area contributed by atoms with Gasteiger partial charge in [-0.1, -0.05) is 25.0 Å². The number of carboxylic acid groups (broad SMARTS) is 1. The molecule has 1 atom stereocenters. The van der Waals surface area contributed by atoms with Gasteiger partial charge in [0.15, 0.2) is 0 Å². The molecule has 152 valence electrons. The predicted molar refractivity (Wildman–Crippen MR) is 106 cm³/mol. The van der Waals surface area contributed by atoms with Crippen LogP contribution in [0.2, 0.25) is 0 Å². The Kier molecular flexibility index (Phi) is 6.67. The highest BCUT2D eigenvalue weighted by atomic mass is 16.4. The molecule has 7 heteroatoms. The van der Waals surface area contributed by atoms with E-state index in [1.807, 2.05) is 18.0 Å². The third-order valence-electron chi connectivity index (χ3n) is 5.83. The minimum atomic E-state index is -1.06. The van der Waals surface area contributed by atoms with Crippen molar-refractivity contribution in [2.24, 2.45) is 11.8 Å². The summed E-state index contributed by atoms with van der Waals surface area (Å²) < 4.78 is 0. The smallest absolute Gasteiger partial charge is 0.316 e. The van der Waals surface area contributed by atoms with Gasteiger partial charge >= 0.3 is 5.97 Å². The standard InChI is InChI=1S/C21H29N3O4/c1-23-9-11-24(12-10-23)18(25)14-15-5-4-8-17(13-15)22-20(26)19(21(27)28)16-6-2-3-7-16/h4-5,8,13,16,19H,2-3,6-7,9-12,14H2,1H3,(H,22,26)(H,27,28). The molecule has 1 aromatic carbocycles. The topological polar surface area (TPSA) is 90.0 Å². The summed E-state index contributed by atoms with van der Waals surface area (Å²) in [6.07, 6.45) is 3.80. The highest BCUT2D eigenvalue weighted by Gasteiger charge is 2.36. The van der Waals surface area contributed by atoms with Crippen molar-refractivity contribution in [3.63, 3.8) is 0 Å². The third kappa shape index (κ3) is 5.10. The summed E-state index contributed by atoms with van der Waals surface area (Å²) in [6, 6.07) is 7.14. The molecular formula is C21H29N3O4. The van der Waals surface area contributed by atoms with Crippen molar-refractivity contribution in [1.29, 1.82) is 0 Å². The number of piperazine rings is 1. The molecule has 1 aliphatic carbocycles. The van der Waals surface area contributed by atoms with Crippen molar-refractivity contribution in [2.45, 2.75) is 32.1 Å². The molecular weight excluding hydrogens is 358 g/mol. The Morgan fingerprint density at radius 1 is 1.14 bits per heavy atom. The summed E-state index contributed by atoms with van der Waals surface area (Å²) in [5.41, 5.74) is 1.35. The van der Waals surface area contributed by atoms with Gasteiger partial charge in [-0.25, -0.2) is 0 Å². The Morgan fingerprint density at radius 3 is 2.46 bits per heavy atom. The minimum Gasteiger partial charge on any atom is -0.481 e. The van der Waals surface area contributed by atoms with Crippen molar-refractivity contribution < 1.29 is 19.5 Å². The lowest BCUT2D eigenvalue weighted by Crippen LogP contribution is -2.47. The van der Waals surface area contributed by atoms with E-state index >= 15 is 0 Å². The Morgan fingerprint density at radius 2 is 1.82 bits per heavy atom. The zero-order valence-electron chi connectivity index (χ0n) is 16.4. The van der Waals surface area contributed by atoms with E-state index in [-0.39, 0.29) is 18.2 Å². The van der Waals surface area contributed by atoms with Crippen LogP contribution in [0.1, 0.15) is 31.2 Å². The van der Waals surface area contributed by atoms with Gasteiger partial charge in [-0.15, -0.1) is 0 Å². The second kappa shape index (κ2) is 9.19. The maximum atomic E-state index is 12.6. The van der Waals surface area contributed by atoms with Crippen LogP contribution in [0.5, 0.6) is 0 Å². The maximum absolute atomic E-state index is 12.6. The number of likely N-dealkylation sites (N-methyl/N-ethyl adjacent to an activating group) is 1. The number of hydrogen-bond acceptors (Lipinski definition) is 4. The van der Waals surface area contributed by atoms with E-state index < -0.39 is 17.8 Å². The van der Waals surface area contributed by atoms with E-state index in [0.717, 1.165) is 57.4 Å². The summed E-state index contributed by atoms with van der Waals surface area (Å²) in [5.74, 6) is -2.57. The Bertz CT molecular complexity index is 722. The van der Waals surface area contributed by atoms with Crippen molar-refractivity contribution in [3.05, 3.63) is 29.8 Å². The Labute approximate surface area is 165 Å². The number of nitrogens with zero attached hydrogens (tertiary/aromatic N) is 2. The lowest BCUT2D eigenvalue weighted by atomic mass is 9.90. The quantitative estimate of drug-likeness (QED) is 0.727. The summed E-state index contributed by atoms with van der Waals surface area (Å²) in [6.45, 7) is 3.21. The SMILES string of the molecule is CN1CCN(C(=O)Cc2cccc(NC(=O)C(C(=O)O)C3CCCC3)c2)CC1. The number of aliphatic carboxylic acids is 1. The molecule has 1 unspecified atom stereocenters. The van der Waals surface area contributed by atoms with Crippen LogP contribution in [0.4, 0.5) is 5.69 Å². The molecule has 0 bridgehead atoms. The van der Waals surface area contributed by atoms with Crippen LogP contribution in [-0.4, -0.2) is 65.9 Å². The van der Waals surface area contributed by atoms with E-state index in [4.69, 9.17) is 0 Å². The zero-order valence-corrected chi connectivity index (χ0v) is 16.4. The molecule has 0 aromatic heterocycles. The maximum Gasteiger partial charge on any atom is 0.316 e. The number of nitrogens with one attached hydrogen (secondary N) is 1. The first-order valence-corrected chi connectivity index (χ1v) is 10.0. The van der Waals surface area contributed by atoms with Gasteiger partial charge in [-0.05, 0) is 43.5 Å². The normalized spacial score (nSPS) is 19.4. The number of anilines is 1. The lowest BCUT2D eigenvalue weighted by molar-refractivity contribution is -0.147. The first-order chi connectivity index (χ1) is 13.4. The van der Waals surface area contributed by atoms with E-state index in [9.17, 15) is 19.5 Å². The molecule has 2 N–H and O–H groups in total. The molecule has 2 fully saturated rings. The zero-order chi connectivity index (χ0) is 20.1. The van der Waals surface area contributed by atoms with Crippen LogP contribution in [0.15, 0.2) is 24.3 Å². The van der Waals surface area contributed by atoms with Crippen molar-refractivity contribution in [3.8, 4) is 0 Å². The number of carboxylic acids is 1. The van der Waals surface area contributed by atoms with Gasteiger partial charge in [-0.2, -0.15) is 0 Å². The third-order valence-corrected chi connectivity index (χ3v) is 5.83. The Balaban J connectivity index is 1.61. The van der Waals surface area contributed by atoms with Crippen molar-refractivity contribution in [1.82, 2.24) is 9.80 Å². The van der Waals surface area contributed by atoms with E-state index in [2.05, 4.69) is 10.2 Å². The highest BCUT2D eigenvalue weighted by Crippen LogP contribution is 2.32. The monoisotopic (exact) mass is 387 g/mol. The van der Waals surface area contributed by atoms with Crippen LogP contribution >= 0.6 is 0 Å². The molecule has 1 saturated heterocycles. The van der Waals surface area contributed by atoms with Crippen molar-refractivity contribution >= 4 is 23.5 Å². The number of hydrogen-bond donors (Lipinski definition) is 2. The van der Waals surface area contributed by atoms with E-state index in [0.29, 0.717) is 5.69 Å². The van der Waals surface area contributed by atoms with Crippen LogP contribution in [0.3, 0.4) is 0 Å². The fourth-order valence-electron chi connectivity index (χ4n) is 4.14. The van der Waals surface area contributed by atoms with Crippen LogP contribution < -0.4 is 5.32 Å². The van der Waals surface area contributed by atoms with E-state index in [1.165, 1.54) is 0 Å². The van der Waals surface area contributed by atoms with Gasteiger partial charge in [-0.3, -0.25) is 14.4 Å². The molecule has 2 aliphatic rings. The summed E-state index contributed by atoms with van der Waals surface area (Å²) in [4.78, 5) is 40.8. The van der Waals surface area contributed by atoms with E-state index in [1.54, 1.807) is 18.2 Å². The highest BCUT2D eigenvalue weighted by molar-refractivity contribution is 6.04. The minimum absolute atomic E-state index is 0.0749. The van der Waals surface area contributed by atoms with Gasteiger partial charge in [0.25, 0.3) is 0 Å². The largest absolute Gasteiger partial charge is 0.481 e. The van der Waals surface area contributed by atoms with Crippen LogP contribution in [0.25, 0.3) is 0 Å². The molecule has 0 radical (unpaired) electrons. The average molecular weight is 387 g/mol. The second-order valence-corrected chi connectivity index (χ2v) is 7.91. The Hall–Kier alpha value is -2.41. The molecule has 0 spiro atoms. The first kappa shape index (κ1) is 20.3. The first-order valence-electron chi connectivity index (χ1n) is 10.0. The summed E-state index contributed by atoms with van der Waals surface area (Å²) in [5, 5.41) is 12.3. The number of carbonyl (C=O) groups excluding carboxylic acids is 2. The number of rotatable bonds is 6. The van der Waals surface area contributed by atoms with Crippen LogP contribution in [-0.2, 0) is 20.8 Å². The number of amides is 2. The molecule has 1 aliphatic heterocycles. The fourth-order valence-corrected chi connectivity index (χ4v) is 4.14. The van der Waals surface area contributed by atoms with Gasteiger partial charge < -0.3 is 20.2 Å². The molecule has 1 saturated carbocycles. The van der Waals surface area contributed by atoms with Gasteiger partial charge in [0.1, 0.15) is 5.92 Å². The molecule has 1 heterocycles. The van der Waals surface area contributed by atoms with Crippen molar-refractivity contribution in [2.75, 3.05) is 38.5 Å². The molecule has 2 amide bonds. The number of benzene rings is 1. The second-order valence-electron chi connectivity index (χ2n) is 7.91. The lowest BCUT2D eigenvalue weighted by Gasteiger charge is -2.32. The fraction of sp³-hybridized carbons (Fsp3) is 0.571. The van der Waals surface area contributed by atoms with Gasteiger partial charge in [0.2, 0.25) is 11.8 Å². The van der Waals surface area contributed by atoms with Crippen LogP contribution in [0, 0.1) is 11.8 Å². The molecule has 3 rings (SSSR count). The molecule has 7 nitrogen and oxygen atoms in total. The summed E-state index contributed by atoms with van der Waals surface area (Å²) in [7, 11) is 2.05. The average Bonchev–Trinajstić information content (AvgIpc) is 3.16. The summed E-state index contributed by atoms with van der Waals surface area (Å²) >= 11 is 0. The molecule has 28 heavy (non-hydrogen) atoms. The number of carbonyl (C=O) groups is 3. The predicted octanol–water partition coefficient (Wildman–Crippen LogP) is 1.83. The van der Waals surface area contributed by atoms with Gasteiger partial charge in [0.05, 0.1) is 6.42 Å². The molecule has 1 aromatic rings.